The Hall–Kier alpha value is -3.71. The summed E-state index contributed by atoms with van der Waals surface area (Å²) in [5.41, 5.74) is 3.95. The van der Waals surface area contributed by atoms with Crippen LogP contribution >= 0.6 is 0 Å². The molecule has 1 amide bonds. The number of amides is 1. The first kappa shape index (κ1) is 25.4. The zero-order chi connectivity index (χ0) is 26.2. The van der Waals surface area contributed by atoms with Crippen molar-refractivity contribution in [2.75, 3.05) is 27.2 Å². The van der Waals surface area contributed by atoms with Gasteiger partial charge < -0.3 is 14.9 Å². The van der Waals surface area contributed by atoms with Crippen LogP contribution in [0.4, 0.5) is 0 Å². The molecule has 0 radical (unpaired) electrons. The lowest BCUT2D eigenvalue weighted by Gasteiger charge is -2.27. The van der Waals surface area contributed by atoms with Gasteiger partial charge in [-0.2, -0.15) is 5.10 Å². The minimum absolute atomic E-state index is 0.0333. The molecule has 2 heterocycles. The van der Waals surface area contributed by atoms with Crippen molar-refractivity contribution < 1.29 is 14.7 Å². The van der Waals surface area contributed by atoms with E-state index < -0.39 is 17.7 Å². The second-order valence-electron chi connectivity index (χ2n) is 10.6. The third-order valence-electron chi connectivity index (χ3n) is 6.69. The molecule has 0 unspecified atom stereocenters. The molecule has 0 aliphatic carbocycles. The predicted octanol–water partition coefficient (Wildman–Crippen LogP) is 4.46. The van der Waals surface area contributed by atoms with Crippen molar-refractivity contribution >= 4 is 17.4 Å². The molecular weight excluding hydrogens is 452 g/mol. The highest BCUT2D eigenvalue weighted by atomic mass is 16.3. The van der Waals surface area contributed by atoms with Gasteiger partial charge in [-0.15, -0.1) is 0 Å². The SMILES string of the molecule is Cc1c(C(O)=C2C(=O)C(=O)N(CCN(C)C)[C@@H]2c2ccc(C(C)(C)C)cc2)cnn1-c1ccccc1. The predicted molar refractivity (Wildman–Crippen MR) is 141 cm³/mol. The number of carbonyl (C=O) groups is 2. The standard InChI is InChI=1S/C29H34N4O3/c1-19-23(18-30-33(19)22-10-8-7-9-11-22)26(34)24-25(20-12-14-21(15-13-20)29(2,3)4)32(17-16-31(5)6)28(36)27(24)35/h7-15,18,25,34H,16-17H2,1-6H3/t25-/m1/s1. The highest BCUT2D eigenvalue weighted by molar-refractivity contribution is 6.46. The van der Waals surface area contributed by atoms with E-state index in [9.17, 15) is 14.7 Å². The number of para-hydroxylation sites is 1. The van der Waals surface area contributed by atoms with Gasteiger partial charge in [-0.25, -0.2) is 4.68 Å². The summed E-state index contributed by atoms with van der Waals surface area (Å²) in [5.74, 6) is -1.48. The van der Waals surface area contributed by atoms with Crippen LogP contribution in [0.2, 0.25) is 0 Å². The number of likely N-dealkylation sites (N-methyl/N-ethyl adjacent to an activating group) is 1. The Balaban J connectivity index is 1.84. The molecule has 1 aliphatic heterocycles. The van der Waals surface area contributed by atoms with Crippen LogP contribution in [-0.4, -0.2) is 63.6 Å². The number of ketones is 1. The van der Waals surface area contributed by atoms with Gasteiger partial charge in [0.2, 0.25) is 0 Å². The van der Waals surface area contributed by atoms with Gasteiger partial charge in [0.15, 0.2) is 0 Å². The lowest BCUT2D eigenvalue weighted by molar-refractivity contribution is -0.140. The summed E-state index contributed by atoms with van der Waals surface area (Å²) in [5, 5.41) is 15.9. The van der Waals surface area contributed by atoms with Crippen LogP contribution in [0.15, 0.2) is 66.4 Å². The van der Waals surface area contributed by atoms with E-state index >= 15 is 0 Å². The van der Waals surface area contributed by atoms with E-state index in [0.29, 0.717) is 24.3 Å². The van der Waals surface area contributed by atoms with E-state index in [1.54, 1.807) is 15.8 Å². The van der Waals surface area contributed by atoms with Crippen LogP contribution in [0.5, 0.6) is 0 Å². The van der Waals surface area contributed by atoms with Gasteiger partial charge in [-0.3, -0.25) is 9.59 Å². The molecule has 2 aromatic carbocycles. The zero-order valence-electron chi connectivity index (χ0n) is 21.8. The lowest BCUT2D eigenvalue weighted by atomic mass is 9.85. The van der Waals surface area contributed by atoms with Crippen LogP contribution in [0.3, 0.4) is 0 Å². The number of hydrogen-bond acceptors (Lipinski definition) is 5. The van der Waals surface area contributed by atoms with Crippen molar-refractivity contribution in [2.45, 2.75) is 39.2 Å². The molecule has 1 fully saturated rings. The number of aromatic nitrogens is 2. The van der Waals surface area contributed by atoms with Crippen LogP contribution in [0, 0.1) is 6.92 Å². The Morgan fingerprint density at radius 1 is 1.03 bits per heavy atom. The fourth-order valence-electron chi connectivity index (χ4n) is 4.55. The molecule has 1 N–H and O–H groups in total. The first-order valence-corrected chi connectivity index (χ1v) is 12.1. The highest BCUT2D eigenvalue weighted by Crippen LogP contribution is 2.40. The van der Waals surface area contributed by atoms with Crippen molar-refractivity contribution in [1.29, 1.82) is 0 Å². The van der Waals surface area contributed by atoms with Gasteiger partial charge in [0.1, 0.15) is 5.76 Å². The number of Topliss-reactive ketones (excluding diaryl/α,β-unsaturated/α-hetero) is 1. The summed E-state index contributed by atoms with van der Waals surface area (Å²) in [6.45, 7) is 9.20. The van der Waals surface area contributed by atoms with E-state index in [1.165, 1.54) is 0 Å². The molecule has 7 heteroatoms. The molecule has 0 spiro atoms. The fourth-order valence-corrected chi connectivity index (χ4v) is 4.55. The normalized spacial score (nSPS) is 17.9. The molecule has 1 saturated heterocycles. The van der Waals surface area contributed by atoms with E-state index in [4.69, 9.17) is 0 Å². The number of likely N-dealkylation sites (tertiary alicyclic amines) is 1. The van der Waals surface area contributed by atoms with Gasteiger partial charge in [0.05, 0.1) is 34.8 Å². The number of aliphatic hydroxyl groups is 1. The topological polar surface area (TPSA) is 78.7 Å². The number of hydrogen-bond donors (Lipinski definition) is 1. The summed E-state index contributed by atoms with van der Waals surface area (Å²) in [4.78, 5) is 30.0. The Kier molecular flexibility index (Phi) is 6.87. The van der Waals surface area contributed by atoms with E-state index in [1.807, 2.05) is 80.5 Å². The monoisotopic (exact) mass is 486 g/mol. The smallest absolute Gasteiger partial charge is 0.295 e. The van der Waals surface area contributed by atoms with Gasteiger partial charge in [-0.05, 0) is 49.7 Å². The molecule has 1 aliphatic rings. The second kappa shape index (κ2) is 9.74. The van der Waals surface area contributed by atoms with Gasteiger partial charge in [0, 0.05) is 13.1 Å². The van der Waals surface area contributed by atoms with E-state index in [2.05, 4.69) is 25.9 Å². The Bertz CT molecular complexity index is 1300. The fraction of sp³-hybridized carbons (Fsp3) is 0.345. The molecule has 188 valence electrons. The average molecular weight is 487 g/mol. The van der Waals surface area contributed by atoms with E-state index in [-0.39, 0.29) is 16.7 Å². The third kappa shape index (κ3) is 4.71. The van der Waals surface area contributed by atoms with Crippen LogP contribution in [-0.2, 0) is 15.0 Å². The summed E-state index contributed by atoms with van der Waals surface area (Å²) < 4.78 is 1.71. The maximum absolute atomic E-state index is 13.3. The Labute approximate surface area is 212 Å². The summed E-state index contributed by atoms with van der Waals surface area (Å²) in [6, 6.07) is 16.9. The Morgan fingerprint density at radius 2 is 1.67 bits per heavy atom. The largest absolute Gasteiger partial charge is 0.507 e. The molecular formula is C29H34N4O3. The van der Waals surface area contributed by atoms with Crippen molar-refractivity contribution in [2.24, 2.45) is 0 Å². The molecule has 0 bridgehead atoms. The minimum Gasteiger partial charge on any atom is -0.507 e. The number of nitrogens with zero attached hydrogens (tertiary/aromatic N) is 4. The number of carbonyl (C=O) groups excluding carboxylic acids is 2. The summed E-state index contributed by atoms with van der Waals surface area (Å²) >= 11 is 0. The first-order chi connectivity index (χ1) is 17.0. The zero-order valence-corrected chi connectivity index (χ0v) is 21.8. The molecule has 3 aromatic rings. The maximum Gasteiger partial charge on any atom is 0.295 e. The molecule has 36 heavy (non-hydrogen) atoms. The third-order valence-corrected chi connectivity index (χ3v) is 6.69. The molecule has 1 atom stereocenters. The van der Waals surface area contributed by atoms with Crippen LogP contribution in [0.1, 0.15) is 49.2 Å². The number of rotatable bonds is 6. The lowest BCUT2D eigenvalue weighted by Crippen LogP contribution is -2.35. The molecule has 1 aromatic heterocycles. The van der Waals surface area contributed by atoms with Crippen molar-refractivity contribution in [3.63, 3.8) is 0 Å². The van der Waals surface area contributed by atoms with Gasteiger partial charge in [0.25, 0.3) is 11.7 Å². The average Bonchev–Trinajstić information content (AvgIpc) is 3.34. The van der Waals surface area contributed by atoms with Gasteiger partial charge in [-0.1, -0.05) is 63.2 Å². The number of benzene rings is 2. The molecule has 4 rings (SSSR count). The number of aliphatic hydroxyl groups excluding tert-OH is 1. The summed E-state index contributed by atoms with van der Waals surface area (Å²) in [7, 11) is 3.84. The van der Waals surface area contributed by atoms with Crippen molar-refractivity contribution in [3.05, 3.63) is 88.8 Å². The highest BCUT2D eigenvalue weighted by Gasteiger charge is 2.46. The van der Waals surface area contributed by atoms with Crippen molar-refractivity contribution in [3.8, 4) is 5.69 Å². The quantitative estimate of drug-likeness (QED) is 0.316. The van der Waals surface area contributed by atoms with Crippen molar-refractivity contribution in [1.82, 2.24) is 19.6 Å². The molecule has 7 nitrogen and oxygen atoms in total. The minimum atomic E-state index is -0.682. The van der Waals surface area contributed by atoms with Crippen LogP contribution < -0.4 is 0 Å². The van der Waals surface area contributed by atoms with Crippen LogP contribution in [0.25, 0.3) is 11.4 Å². The second-order valence-corrected chi connectivity index (χ2v) is 10.6. The van der Waals surface area contributed by atoms with Gasteiger partial charge >= 0.3 is 0 Å². The van der Waals surface area contributed by atoms with E-state index in [0.717, 1.165) is 16.8 Å². The maximum atomic E-state index is 13.3. The summed E-state index contributed by atoms with van der Waals surface area (Å²) in [6.07, 6.45) is 1.55. The molecule has 0 saturated carbocycles. The first-order valence-electron chi connectivity index (χ1n) is 12.1. The Morgan fingerprint density at radius 3 is 2.25 bits per heavy atom.